The first-order valence-corrected chi connectivity index (χ1v) is 11.0. The maximum absolute atomic E-state index is 13.1. The number of hydrogen-bond acceptors (Lipinski definition) is 3. The Morgan fingerprint density at radius 1 is 0.514 bits per heavy atom. The lowest BCUT2D eigenvalue weighted by Gasteiger charge is -2.19. The molecular formula is C28H24N4O3. The van der Waals surface area contributed by atoms with E-state index in [0.29, 0.717) is 28.2 Å². The van der Waals surface area contributed by atoms with Crippen LogP contribution in [0.25, 0.3) is 0 Å². The number of carbonyl (C=O) groups excluding carboxylic acids is 3. The van der Waals surface area contributed by atoms with Crippen LogP contribution in [-0.4, -0.2) is 17.8 Å². The smallest absolute Gasteiger partial charge is 0.323 e. The van der Waals surface area contributed by atoms with Crippen LogP contribution in [0.2, 0.25) is 0 Å². The summed E-state index contributed by atoms with van der Waals surface area (Å²) in [5.74, 6) is -0.735. The summed E-state index contributed by atoms with van der Waals surface area (Å²) >= 11 is 0. The molecule has 4 amide bonds. The molecule has 1 unspecified atom stereocenters. The third-order valence-electron chi connectivity index (χ3n) is 5.15. The molecule has 0 saturated heterocycles. The maximum atomic E-state index is 13.1. The van der Waals surface area contributed by atoms with E-state index < -0.39 is 6.04 Å². The lowest BCUT2D eigenvalue weighted by molar-refractivity contribution is -0.118. The van der Waals surface area contributed by atoms with Crippen LogP contribution in [0.3, 0.4) is 0 Å². The van der Waals surface area contributed by atoms with Crippen molar-refractivity contribution in [2.24, 2.45) is 0 Å². The van der Waals surface area contributed by atoms with Gasteiger partial charge in [0.05, 0.1) is 0 Å². The topological polar surface area (TPSA) is 99.3 Å². The van der Waals surface area contributed by atoms with Crippen molar-refractivity contribution in [1.29, 1.82) is 0 Å². The molecule has 7 heteroatoms. The van der Waals surface area contributed by atoms with Gasteiger partial charge in [-0.3, -0.25) is 9.59 Å². The Bertz CT molecular complexity index is 1280. The molecule has 0 spiro atoms. The summed E-state index contributed by atoms with van der Waals surface area (Å²) in [4.78, 5) is 38.0. The van der Waals surface area contributed by atoms with Gasteiger partial charge in [0, 0.05) is 22.6 Å². The Kier molecular flexibility index (Phi) is 7.50. The zero-order valence-electron chi connectivity index (χ0n) is 18.8. The molecule has 0 aliphatic heterocycles. The second-order valence-corrected chi connectivity index (χ2v) is 7.69. The molecule has 0 heterocycles. The number of nitrogens with one attached hydrogen (secondary N) is 4. The molecule has 0 bridgehead atoms. The minimum Gasteiger partial charge on any atom is -0.336 e. The predicted octanol–water partition coefficient (Wildman–Crippen LogP) is 5.44. The number of anilines is 3. The van der Waals surface area contributed by atoms with E-state index in [1.807, 2.05) is 42.5 Å². The highest BCUT2D eigenvalue weighted by molar-refractivity contribution is 6.02. The van der Waals surface area contributed by atoms with Crippen molar-refractivity contribution in [3.8, 4) is 0 Å². The van der Waals surface area contributed by atoms with Crippen LogP contribution in [0.1, 0.15) is 22.0 Å². The standard InChI is InChI=1S/C28H24N4O3/c33-26(21-12-6-2-7-13-21)32-25(20-10-4-1-5-11-20)27(34)29-23-16-18-24(19-17-23)31-28(35)30-22-14-8-3-9-15-22/h1-19,25H,(H,29,34)(H,32,33)(H2,30,31,35). The van der Waals surface area contributed by atoms with Crippen LogP contribution in [0.4, 0.5) is 21.9 Å². The number of amides is 4. The molecule has 4 rings (SSSR count). The summed E-state index contributed by atoms with van der Waals surface area (Å²) in [5.41, 5.74) is 2.89. The molecule has 4 aromatic carbocycles. The van der Waals surface area contributed by atoms with Gasteiger partial charge in [0.25, 0.3) is 11.8 Å². The van der Waals surface area contributed by atoms with Crippen molar-refractivity contribution in [1.82, 2.24) is 5.32 Å². The van der Waals surface area contributed by atoms with Crippen molar-refractivity contribution in [2.45, 2.75) is 6.04 Å². The fourth-order valence-electron chi connectivity index (χ4n) is 3.42. The first-order chi connectivity index (χ1) is 17.1. The summed E-state index contributed by atoms with van der Waals surface area (Å²) in [6.45, 7) is 0. The van der Waals surface area contributed by atoms with Gasteiger partial charge in [0.2, 0.25) is 0 Å². The summed E-state index contributed by atoms with van der Waals surface area (Å²) in [5, 5.41) is 11.1. The molecule has 0 fully saturated rings. The molecule has 1 atom stereocenters. The van der Waals surface area contributed by atoms with Crippen molar-refractivity contribution >= 4 is 34.9 Å². The molecule has 0 saturated carbocycles. The Balaban J connectivity index is 1.41. The second-order valence-electron chi connectivity index (χ2n) is 7.69. The average Bonchev–Trinajstić information content (AvgIpc) is 2.90. The van der Waals surface area contributed by atoms with E-state index in [0.717, 1.165) is 0 Å². The average molecular weight is 465 g/mol. The molecule has 0 radical (unpaired) electrons. The molecule has 174 valence electrons. The first kappa shape index (κ1) is 23.3. The van der Waals surface area contributed by atoms with Gasteiger partial charge in [0.1, 0.15) is 6.04 Å². The quantitative estimate of drug-likeness (QED) is 0.293. The fourth-order valence-corrected chi connectivity index (χ4v) is 3.42. The summed E-state index contributed by atoms with van der Waals surface area (Å²) in [7, 11) is 0. The number of carbonyl (C=O) groups is 3. The van der Waals surface area contributed by atoms with E-state index in [2.05, 4.69) is 21.3 Å². The molecule has 0 aliphatic carbocycles. The third kappa shape index (κ3) is 6.55. The minimum atomic E-state index is -0.890. The molecule has 4 N–H and O–H groups in total. The van der Waals surface area contributed by atoms with E-state index in [9.17, 15) is 14.4 Å². The van der Waals surface area contributed by atoms with Gasteiger partial charge in [0.15, 0.2) is 0 Å². The van der Waals surface area contributed by atoms with E-state index in [-0.39, 0.29) is 17.8 Å². The molecule has 7 nitrogen and oxygen atoms in total. The zero-order chi connectivity index (χ0) is 24.5. The fraction of sp³-hybridized carbons (Fsp3) is 0.0357. The van der Waals surface area contributed by atoms with E-state index in [1.54, 1.807) is 72.8 Å². The summed E-state index contributed by atoms with van der Waals surface area (Å²) < 4.78 is 0. The van der Waals surface area contributed by atoms with Crippen LogP contribution in [0.15, 0.2) is 115 Å². The monoisotopic (exact) mass is 464 g/mol. The Hall–Kier alpha value is -4.91. The number of hydrogen-bond donors (Lipinski definition) is 4. The van der Waals surface area contributed by atoms with Gasteiger partial charge in [-0.15, -0.1) is 0 Å². The van der Waals surface area contributed by atoms with Gasteiger partial charge in [-0.2, -0.15) is 0 Å². The van der Waals surface area contributed by atoms with Crippen LogP contribution >= 0.6 is 0 Å². The zero-order valence-corrected chi connectivity index (χ0v) is 18.8. The van der Waals surface area contributed by atoms with Crippen LogP contribution in [-0.2, 0) is 4.79 Å². The largest absolute Gasteiger partial charge is 0.336 e. The van der Waals surface area contributed by atoms with Gasteiger partial charge in [-0.1, -0.05) is 66.7 Å². The Labute approximate surface area is 203 Å². The van der Waals surface area contributed by atoms with Crippen LogP contribution in [0, 0.1) is 0 Å². The van der Waals surface area contributed by atoms with Gasteiger partial charge >= 0.3 is 6.03 Å². The SMILES string of the molecule is O=C(Nc1ccccc1)Nc1ccc(NC(=O)C(NC(=O)c2ccccc2)c2ccccc2)cc1. The number of rotatable bonds is 7. The van der Waals surface area contributed by atoms with Crippen LogP contribution in [0.5, 0.6) is 0 Å². The van der Waals surface area contributed by atoms with Gasteiger partial charge < -0.3 is 21.3 Å². The molecule has 4 aromatic rings. The molecular weight excluding hydrogens is 440 g/mol. The Morgan fingerprint density at radius 3 is 1.54 bits per heavy atom. The van der Waals surface area contributed by atoms with Crippen LogP contribution < -0.4 is 21.3 Å². The number of benzene rings is 4. The van der Waals surface area contributed by atoms with Crippen molar-refractivity contribution in [3.63, 3.8) is 0 Å². The van der Waals surface area contributed by atoms with Gasteiger partial charge in [-0.05, 0) is 54.1 Å². The van der Waals surface area contributed by atoms with E-state index in [1.165, 1.54) is 0 Å². The summed E-state index contributed by atoms with van der Waals surface area (Å²) in [6.07, 6.45) is 0. The van der Waals surface area contributed by atoms with E-state index >= 15 is 0 Å². The van der Waals surface area contributed by atoms with Gasteiger partial charge in [-0.25, -0.2) is 4.79 Å². The number of para-hydroxylation sites is 1. The molecule has 0 aromatic heterocycles. The third-order valence-corrected chi connectivity index (χ3v) is 5.15. The maximum Gasteiger partial charge on any atom is 0.323 e. The predicted molar refractivity (Wildman–Crippen MR) is 137 cm³/mol. The molecule has 35 heavy (non-hydrogen) atoms. The number of urea groups is 1. The molecule has 0 aliphatic rings. The highest BCUT2D eigenvalue weighted by Crippen LogP contribution is 2.19. The second kappa shape index (κ2) is 11.3. The minimum absolute atomic E-state index is 0.349. The van der Waals surface area contributed by atoms with Crippen molar-refractivity contribution in [3.05, 3.63) is 126 Å². The lowest BCUT2D eigenvalue weighted by Crippen LogP contribution is -2.37. The van der Waals surface area contributed by atoms with E-state index in [4.69, 9.17) is 0 Å². The summed E-state index contributed by atoms with van der Waals surface area (Å²) in [6, 6.07) is 32.3. The van der Waals surface area contributed by atoms with Crippen molar-refractivity contribution < 1.29 is 14.4 Å². The lowest BCUT2D eigenvalue weighted by atomic mass is 10.1. The first-order valence-electron chi connectivity index (χ1n) is 11.0. The highest BCUT2D eigenvalue weighted by atomic mass is 16.2. The normalized spacial score (nSPS) is 11.1. The van der Waals surface area contributed by atoms with Crippen molar-refractivity contribution in [2.75, 3.05) is 16.0 Å². The Morgan fingerprint density at radius 2 is 0.971 bits per heavy atom. The highest BCUT2D eigenvalue weighted by Gasteiger charge is 2.23.